The Labute approximate surface area is 259 Å². The van der Waals surface area contributed by atoms with Crippen molar-refractivity contribution < 1.29 is 30.8 Å². The molecule has 0 spiro atoms. The number of halogens is 2. The normalized spacial score (nSPS) is 11.7. The second-order valence-corrected chi connectivity index (χ2v) is 12.2. The number of rotatable bonds is 8. The number of furan rings is 1. The predicted molar refractivity (Wildman–Crippen MR) is 167 cm³/mol. The Kier molecular flexibility index (Phi) is 7.74. The summed E-state index contributed by atoms with van der Waals surface area (Å²) < 4.78 is 67.2. The van der Waals surface area contributed by atoms with E-state index in [4.69, 9.17) is 8.83 Å². The van der Waals surface area contributed by atoms with Crippen LogP contribution in [-0.2, 0) is 16.6 Å². The summed E-state index contributed by atoms with van der Waals surface area (Å²) in [4.78, 5) is 43.8. The standard InChI is InChI=1S/C32H24F2N4O7S/c1-3-46(42,43)37-24-15-26-22(27(30(39)35-2)29(44-26)18-6-10-20(34)11-7-18)14-21(24)23-12-13-25-28(36-23)31(40)38(32(41)45-25)16-17-4-8-19(33)9-5-17/h4-15,37H,3,16H2,1-2H3,(H,35,39). The van der Waals surface area contributed by atoms with Crippen molar-refractivity contribution >= 4 is 43.7 Å². The SMILES string of the molecule is CCS(=O)(=O)Nc1cc2oc(-c3ccc(F)cc3)c(C(=O)NC)c2cc1-c1ccc2oc(=O)n(Cc3ccc(F)cc3)c(=O)c2n1. The van der Waals surface area contributed by atoms with Gasteiger partial charge in [0.25, 0.3) is 11.5 Å². The zero-order valence-corrected chi connectivity index (χ0v) is 25.1. The predicted octanol–water partition coefficient (Wildman–Crippen LogP) is 4.88. The first-order valence-electron chi connectivity index (χ1n) is 13.9. The molecule has 0 aliphatic rings. The summed E-state index contributed by atoms with van der Waals surface area (Å²) in [5.74, 6) is -2.60. The van der Waals surface area contributed by atoms with Gasteiger partial charge in [0.1, 0.15) is 23.0 Å². The van der Waals surface area contributed by atoms with Crippen molar-refractivity contribution in [1.29, 1.82) is 0 Å². The minimum atomic E-state index is -3.85. The monoisotopic (exact) mass is 646 g/mol. The third kappa shape index (κ3) is 5.65. The number of anilines is 1. The molecule has 0 radical (unpaired) electrons. The first-order valence-corrected chi connectivity index (χ1v) is 15.5. The Morgan fingerprint density at radius 3 is 2.24 bits per heavy atom. The van der Waals surface area contributed by atoms with Gasteiger partial charge >= 0.3 is 5.76 Å². The molecule has 3 aromatic heterocycles. The Morgan fingerprint density at radius 1 is 0.913 bits per heavy atom. The zero-order chi connectivity index (χ0) is 32.7. The molecule has 0 bridgehead atoms. The molecule has 2 N–H and O–H groups in total. The number of aromatic nitrogens is 2. The molecule has 0 unspecified atom stereocenters. The van der Waals surface area contributed by atoms with Crippen LogP contribution in [0.4, 0.5) is 14.5 Å². The van der Waals surface area contributed by atoms with Gasteiger partial charge in [0.2, 0.25) is 10.0 Å². The van der Waals surface area contributed by atoms with E-state index in [0.29, 0.717) is 11.1 Å². The van der Waals surface area contributed by atoms with Gasteiger partial charge in [-0.3, -0.25) is 14.3 Å². The van der Waals surface area contributed by atoms with Crippen LogP contribution in [0.5, 0.6) is 0 Å². The second kappa shape index (κ2) is 11.7. The Balaban J connectivity index is 1.58. The van der Waals surface area contributed by atoms with Gasteiger partial charge in [-0.1, -0.05) is 12.1 Å². The van der Waals surface area contributed by atoms with Gasteiger partial charge in [0.15, 0.2) is 11.1 Å². The molecule has 11 nitrogen and oxygen atoms in total. The highest BCUT2D eigenvalue weighted by Crippen LogP contribution is 2.40. The van der Waals surface area contributed by atoms with E-state index in [-0.39, 0.29) is 62.6 Å². The molecule has 0 saturated heterocycles. The van der Waals surface area contributed by atoms with Crippen LogP contribution in [0.2, 0.25) is 0 Å². The number of nitrogens with one attached hydrogen (secondary N) is 2. The van der Waals surface area contributed by atoms with Crippen molar-refractivity contribution in [2.24, 2.45) is 0 Å². The Morgan fingerprint density at radius 2 is 1.59 bits per heavy atom. The lowest BCUT2D eigenvalue weighted by Gasteiger charge is -2.13. The van der Waals surface area contributed by atoms with Crippen LogP contribution < -0.4 is 21.4 Å². The van der Waals surface area contributed by atoms with E-state index in [1.165, 1.54) is 86.8 Å². The summed E-state index contributed by atoms with van der Waals surface area (Å²) in [5, 5.41) is 2.84. The number of carbonyl (C=O) groups is 1. The van der Waals surface area contributed by atoms with Gasteiger partial charge in [-0.2, -0.15) is 0 Å². The van der Waals surface area contributed by atoms with Crippen molar-refractivity contribution in [3.63, 3.8) is 0 Å². The number of hydrogen-bond donors (Lipinski definition) is 2. The molecule has 0 atom stereocenters. The van der Waals surface area contributed by atoms with Gasteiger partial charge in [-0.05, 0) is 67.1 Å². The van der Waals surface area contributed by atoms with Gasteiger partial charge in [-0.15, -0.1) is 0 Å². The van der Waals surface area contributed by atoms with Gasteiger partial charge < -0.3 is 14.2 Å². The number of amides is 1. The molecule has 1 amide bonds. The molecule has 3 heterocycles. The number of hydrogen-bond acceptors (Lipinski definition) is 8. The molecule has 46 heavy (non-hydrogen) atoms. The number of nitrogens with zero attached hydrogens (tertiary/aromatic N) is 2. The van der Waals surface area contributed by atoms with Crippen LogP contribution in [-0.4, -0.2) is 36.7 Å². The molecule has 0 aliphatic heterocycles. The lowest BCUT2D eigenvalue weighted by molar-refractivity contribution is 0.0964. The highest BCUT2D eigenvalue weighted by Gasteiger charge is 2.25. The molecule has 234 valence electrons. The fourth-order valence-corrected chi connectivity index (χ4v) is 5.58. The second-order valence-electron chi connectivity index (χ2n) is 10.2. The molecule has 0 fully saturated rings. The van der Waals surface area contributed by atoms with Crippen molar-refractivity contribution in [2.75, 3.05) is 17.5 Å². The molecule has 0 saturated carbocycles. The quantitative estimate of drug-likeness (QED) is 0.237. The summed E-state index contributed by atoms with van der Waals surface area (Å²) in [6, 6.07) is 16.2. The average molecular weight is 647 g/mol. The summed E-state index contributed by atoms with van der Waals surface area (Å²) in [7, 11) is -2.42. The van der Waals surface area contributed by atoms with Crippen LogP contribution in [0.1, 0.15) is 22.8 Å². The summed E-state index contributed by atoms with van der Waals surface area (Å²) in [5.41, 5.74) is 0.297. The van der Waals surface area contributed by atoms with Crippen LogP contribution in [0, 0.1) is 11.6 Å². The van der Waals surface area contributed by atoms with E-state index in [2.05, 4.69) is 15.0 Å². The fourth-order valence-electron chi connectivity index (χ4n) is 4.93. The van der Waals surface area contributed by atoms with E-state index in [1.807, 2.05) is 0 Å². The number of pyridine rings is 1. The number of benzene rings is 3. The molecule has 14 heteroatoms. The van der Waals surface area contributed by atoms with Crippen molar-refractivity contribution in [2.45, 2.75) is 13.5 Å². The average Bonchev–Trinajstić information content (AvgIpc) is 3.41. The largest absolute Gasteiger partial charge is 0.455 e. The molecule has 0 aliphatic carbocycles. The minimum absolute atomic E-state index is 0.0353. The van der Waals surface area contributed by atoms with E-state index >= 15 is 0 Å². The zero-order valence-electron chi connectivity index (χ0n) is 24.3. The fraction of sp³-hybridized carbons (Fsp3) is 0.125. The third-order valence-corrected chi connectivity index (χ3v) is 8.58. The first kappa shape index (κ1) is 30.4. The smallest absolute Gasteiger partial charge is 0.422 e. The third-order valence-electron chi connectivity index (χ3n) is 7.29. The van der Waals surface area contributed by atoms with Crippen LogP contribution >= 0.6 is 0 Å². The molecular formula is C32H24F2N4O7S. The van der Waals surface area contributed by atoms with Crippen LogP contribution in [0.15, 0.2) is 91.2 Å². The minimum Gasteiger partial charge on any atom is -0.455 e. The lowest BCUT2D eigenvalue weighted by atomic mass is 10.0. The van der Waals surface area contributed by atoms with Crippen molar-refractivity contribution in [3.05, 3.63) is 116 Å². The van der Waals surface area contributed by atoms with Crippen LogP contribution in [0.25, 0.3) is 44.7 Å². The van der Waals surface area contributed by atoms with E-state index in [9.17, 15) is 31.6 Å². The van der Waals surface area contributed by atoms with Crippen molar-refractivity contribution in [1.82, 2.24) is 14.9 Å². The van der Waals surface area contributed by atoms with E-state index in [1.54, 1.807) is 0 Å². The highest BCUT2D eigenvalue weighted by atomic mass is 32.2. The van der Waals surface area contributed by atoms with Crippen LogP contribution in [0.3, 0.4) is 0 Å². The lowest BCUT2D eigenvalue weighted by Crippen LogP contribution is -2.33. The maximum absolute atomic E-state index is 13.7. The van der Waals surface area contributed by atoms with Crippen molar-refractivity contribution in [3.8, 4) is 22.6 Å². The molecule has 3 aromatic carbocycles. The van der Waals surface area contributed by atoms with E-state index < -0.39 is 38.9 Å². The number of fused-ring (bicyclic) bond motifs is 2. The maximum Gasteiger partial charge on any atom is 0.422 e. The topological polar surface area (TPSA) is 154 Å². The number of sulfonamides is 1. The summed E-state index contributed by atoms with van der Waals surface area (Å²) >= 11 is 0. The number of carbonyl (C=O) groups excluding carboxylic acids is 1. The summed E-state index contributed by atoms with van der Waals surface area (Å²) in [6.45, 7) is 1.23. The maximum atomic E-state index is 13.7. The Hall–Kier alpha value is -5.63. The molecular weight excluding hydrogens is 622 g/mol. The first-order chi connectivity index (χ1) is 22.0. The Bertz CT molecular complexity index is 2380. The molecule has 6 aromatic rings. The highest BCUT2D eigenvalue weighted by molar-refractivity contribution is 7.92. The molecule has 6 rings (SSSR count). The summed E-state index contributed by atoms with van der Waals surface area (Å²) in [6.07, 6.45) is 0. The van der Waals surface area contributed by atoms with Gasteiger partial charge in [-0.25, -0.2) is 31.5 Å². The van der Waals surface area contributed by atoms with Gasteiger partial charge in [0, 0.05) is 29.6 Å². The van der Waals surface area contributed by atoms with E-state index in [0.717, 1.165) is 4.57 Å². The van der Waals surface area contributed by atoms with Gasteiger partial charge in [0.05, 0.1) is 29.2 Å².